The number of hydrogen-bond donors (Lipinski definition) is 1. The van der Waals surface area contributed by atoms with Gasteiger partial charge in [0.25, 0.3) is 0 Å². The standard InChI is InChI=1S/C12H17ClN2/c1-10(13)15-8-7-14-9-12(15)11-5-3-2-4-6-11/h2-6,10,12,14H,7-9H2,1H3. The molecule has 0 aliphatic carbocycles. The Morgan fingerprint density at radius 1 is 1.40 bits per heavy atom. The third-order valence-corrected chi connectivity index (χ3v) is 3.18. The third kappa shape index (κ3) is 2.51. The predicted octanol–water partition coefficient (Wildman–Crippen LogP) is 2.22. The summed E-state index contributed by atoms with van der Waals surface area (Å²) in [7, 11) is 0. The van der Waals surface area contributed by atoms with Gasteiger partial charge in [0.15, 0.2) is 0 Å². The Balaban J connectivity index is 2.18. The molecule has 0 saturated carbocycles. The van der Waals surface area contributed by atoms with Gasteiger partial charge in [-0.05, 0) is 12.5 Å². The maximum absolute atomic E-state index is 6.20. The van der Waals surface area contributed by atoms with Crippen molar-refractivity contribution in [2.45, 2.75) is 18.5 Å². The van der Waals surface area contributed by atoms with Crippen molar-refractivity contribution < 1.29 is 0 Å². The smallest absolute Gasteiger partial charge is 0.0827 e. The van der Waals surface area contributed by atoms with E-state index >= 15 is 0 Å². The van der Waals surface area contributed by atoms with Crippen LogP contribution in [0.25, 0.3) is 0 Å². The molecule has 1 fully saturated rings. The molecule has 1 aromatic rings. The summed E-state index contributed by atoms with van der Waals surface area (Å²) in [6, 6.07) is 11.0. The van der Waals surface area contributed by atoms with Gasteiger partial charge in [-0.15, -0.1) is 11.6 Å². The van der Waals surface area contributed by atoms with Crippen LogP contribution in [0, 0.1) is 0 Å². The van der Waals surface area contributed by atoms with E-state index in [9.17, 15) is 0 Å². The van der Waals surface area contributed by atoms with E-state index in [1.807, 2.05) is 13.0 Å². The molecule has 0 bridgehead atoms. The molecule has 1 N–H and O–H groups in total. The van der Waals surface area contributed by atoms with Crippen LogP contribution in [0.1, 0.15) is 18.5 Å². The van der Waals surface area contributed by atoms with Crippen molar-refractivity contribution >= 4 is 11.6 Å². The highest BCUT2D eigenvalue weighted by Gasteiger charge is 2.26. The van der Waals surface area contributed by atoms with Gasteiger partial charge in [0.05, 0.1) is 5.50 Å². The maximum atomic E-state index is 6.20. The SMILES string of the molecule is CC(Cl)N1CCNCC1c1ccccc1. The molecule has 82 valence electrons. The van der Waals surface area contributed by atoms with E-state index in [0.29, 0.717) is 6.04 Å². The van der Waals surface area contributed by atoms with Crippen molar-refractivity contribution in [3.63, 3.8) is 0 Å². The zero-order valence-electron chi connectivity index (χ0n) is 8.99. The normalized spacial score (nSPS) is 25.1. The number of halogens is 1. The summed E-state index contributed by atoms with van der Waals surface area (Å²) in [6.45, 7) is 5.08. The van der Waals surface area contributed by atoms with Crippen LogP contribution in [0.5, 0.6) is 0 Å². The topological polar surface area (TPSA) is 15.3 Å². The molecule has 1 saturated heterocycles. The van der Waals surface area contributed by atoms with E-state index in [4.69, 9.17) is 11.6 Å². The van der Waals surface area contributed by atoms with E-state index in [0.717, 1.165) is 19.6 Å². The number of hydrogen-bond acceptors (Lipinski definition) is 2. The van der Waals surface area contributed by atoms with Crippen molar-refractivity contribution in [3.05, 3.63) is 35.9 Å². The molecule has 15 heavy (non-hydrogen) atoms. The van der Waals surface area contributed by atoms with E-state index in [1.165, 1.54) is 5.56 Å². The van der Waals surface area contributed by atoms with Gasteiger partial charge < -0.3 is 5.32 Å². The second kappa shape index (κ2) is 4.97. The van der Waals surface area contributed by atoms with Crippen molar-refractivity contribution in [1.82, 2.24) is 10.2 Å². The Morgan fingerprint density at radius 2 is 2.13 bits per heavy atom. The van der Waals surface area contributed by atoms with E-state index in [2.05, 4.69) is 34.5 Å². The Hall–Kier alpha value is -0.570. The fourth-order valence-electron chi connectivity index (χ4n) is 2.13. The molecule has 0 amide bonds. The van der Waals surface area contributed by atoms with Crippen LogP contribution in [-0.2, 0) is 0 Å². The molecular formula is C12H17ClN2. The number of rotatable bonds is 2. The third-order valence-electron chi connectivity index (χ3n) is 2.93. The Morgan fingerprint density at radius 3 is 2.80 bits per heavy atom. The van der Waals surface area contributed by atoms with Gasteiger partial charge in [-0.2, -0.15) is 0 Å². The van der Waals surface area contributed by atoms with E-state index in [1.54, 1.807) is 0 Å². The summed E-state index contributed by atoms with van der Waals surface area (Å²) in [6.07, 6.45) is 0. The molecule has 2 atom stereocenters. The maximum Gasteiger partial charge on any atom is 0.0827 e. The molecule has 0 radical (unpaired) electrons. The molecule has 2 unspecified atom stereocenters. The summed E-state index contributed by atoms with van der Waals surface area (Å²) < 4.78 is 0. The lowest BCUT2D eigenvalue weighted by atomic mass is 10.0. The van der Waals surface area contributed by atoms with Crippen LogP contribution >= 0.6 is 11.6 Å². The molecule has 0 aromatic heterocycles. The van der Waals surface area contributed by atoms with E-state index < -0.39 is 0 Å². The number of nitrogens with one attached hydrogen (secondary N) is 1. The zero-order valence-corrected chi connectivity index (χ0v) is 9.74. The number of alkyl halides is 1. The minimum atomic E-state index is 0.0947. The van der Waals surface area contributed by atoms with Crippen molar-refractivity contribution in [2.75, 3.05) is 19.6 Å². The first kappa shape index (κ1) is 10.9. The number of benzene rings is 1. The van der Waals surface area contributed by atoms with E-state index in [-0.39, 0.29) is 5.50 Å². The Bertz CT molecular complexity index is 300. The first-order chi connectivity index (χ1) is 7.29. The summed E-state index contributed by atoms with van der Waals surface area (Å²) in [5, 5.41) is 3.42. The van der Waals surface area contributed by atoms with Crippen LogP contribution < -0.4 is 5.32 Å². The number of nitrogens with zero attached hydrogens (tertiary/aromatic N) is 1. The van der Waals surface area contributed by atoms with Gasteiger partial charge in [-0.1, -0.05) is 30.3 Å². The second-order valence-corrected chi connectivity index (χ2v) is 4.57. The fraction of sp³-hybridized carbons (Fsp3) is 0.500. The van der Waals surface area contributed by atoms with Crippen LogP contribution in [0.15, 0.2) is 30.3 Å². The Labute approximate surface area is 96.2 Å². The highest BCUT2D eigenvalue weighted by atomic mass is 35.5. The first-order valence-electron chi connectivity index (χ1n) is 5.44. The number of piperazine rings is 1. The van der Waals surface area contributed by atoms with Crippen LogP contribution in [0.3, 0.4) is 0 Å². The van der Waals surface area contributed by atoms with Gasteiger partial charge in [-0.25, -0.2) is 0 Å². The van der Waals surface area contributed by atoms with Crippen molar-refractivity contribution in [1.29, 1.82) is 0 Å². The highest BCUT2D eigenvalue weighted by molar-refractivity contribution is 6.20. The lowest BCUT2D eigenvalue weighted by molar-refractivity contribution is 0.152. The molecule has 3 heteroatoms. The van der Waals surface area contributed by atoms with Crippen LogP contribution in [0.2, 0.25) is 0 Å². The lowest BCUT2D eigenvalue weighted by Crippen LogP contribution is -2.48. The quantitative estimate of drug-likeness (QED) is 0.612. The largest absolute Gasteiger partial charge is 0.314 e. The molecule has 1 heterocycles. The monoisotopic (exact) mass is 224 g/mol. The molecule has 1 aromatic carbocycles. The average molecular weight is 225 g/mol. The predicted molar refractivity (Wildman–Crippen MR) is 64.1 cm³/mol. The minimum Gasteiger partial charge on any atom is -0.314 e. The Kier molecular flexibility index (Phi) is 3.62. The molecule has 1 aliphatic rings. The lowest BCUT2D eigenvalue weighted by Gasteiger charge is -2.38. The van der Waals surface area contributed by atoms with Crippen LogP contribution in [-0.4, -0.2) is 30.0 Å². The summed E-state index contributed by atoms with van der Waals surface area (Å²) in [4.78, 5) is 2.34. The van der Waals surface area contributed by atoms with Gasteiger partial charge in [0.2, 0.25) is 0 Å². The second-order valence-electron chi connectivity index (χ2n) is 3.94. The molecule has 2 rings (SSSR count). The fourth-order valence-corrected chi connectivity index (χ4v) is 2.36. The molecule has 0 spiro atoms. The van der Waals surface area contributed by atoms with Crippen molar-refractivity contribution in [2.24, 2.45) is 0 Å². The minimum absolute atomic E-state index is 0.0947. The van der Waals surface area contributed by atoms with Crippen LogP contribution in [0.4, 0.5) is 0 Å². The summed E-state index contributed by atoms with van der Waals surface area (Å²) in [5.41, 5.74) is 1.44. The van der Waals surface area contributed by atoms with Gasteiger partial charge >= 0.3 is 0 Å². The summed E-state index contributed by atoms with van der Waals surface area (Å²) in [5.74, 6) is 0. The molecule has 1 aliphatic heterocycles. The molecule has 2 nitrogen and oxygen atoms in total. The average Bonchev–Trinajstić information content (AvgIpc) is 2.30. The van der Waals surface area contributed by atoms with Gasteiger partial charge in [0.1, 0.15) is 0 Å². The highest BCUT2D eigenvalue weighted by Crippen LogP contribution is 2.25. The van der Waals surface area contributed by atoms with Gasteiger partial charge in [-0.3, -0.25) is 4.90 Å². The van der Waals surface area contributed by atoms with Crippen molar-refractivity contribution in [3.8, 4) is 0 Å². The summed E-state index contributed by atoms with van der Waals surface area (Å²) >= 11 is 6.20. The first-order valence-corrected chi connectivity index (χ1v) is 5.88. The molecular weight excluding hydrogens is 208 g/mol. The zero-order chi connectivity index (χ0) is 10.7. The van der Waals surface area contributed by atoms with Gasteiger partial charge in [0, 0.05) is 25.7 Å².